The van der Waals surface area contributed by atoms with Gasteiger partial charge in [-0.15, -0.1) is 0 Å². The number of hydrogen-bond acceptors (Lipinski definition) is 5. The van der Waals surface area contributed by atoms with Gasteiger partial charge >= 0.3 is 0 Å². The molecule has 1 aliphatic rings. The lowest BCUT2D eigenvalue weighted by Gasteiger charge is -2.39. The second-order valence-electron chi connectivity index (χ2n) is 4.97. The Kier molecular flexibility index (Phi) is 3.60. The van der Waals surface area contributed by atoms with E-state index < -0.39 is 11.9 Å². The van der Waals surface area contributed by atoms with Crippen molar-refractivity contribution in [1.82, 2.24) is 0 Å². The van der Waals surface area contributed by atoms with E-state index in [1.807, 2.05) is 0 Å². The van der Waals surface area contributed by atoms with Crippen LogP contribution in [0, 0.1) is 0 Å². The average Bonchev–Trinajstić information content (AvgIpc) is 2.55. The second kappa shape index (κ2) is 5.44. The van der Waals surface area contributed by atoms with Crippen molar-refractivity contribution in [2.45, 2.75) is 11.9 Å². The first kappa shape index (κ1) is 14.6. The lowest BCUT2D eigenvalue weighted by Crippen LogP contribution is -2.53. The topological polar surface area (TPSA) is 65.0 Å². The fraction of sp³-hybridized carbons (Fsp3) is 0.235. The summed E-state index contributed by atoms with van der Waals surface area (Å²) < 4.78 is 16.3. The van der Waals surface area contributed by atoms with E-state index in [2.05, 4.69) is 0 Å². The third-order valence-electron chi connectivity index (χ3n) is 3.74. The number of rotatable bonds is 3. The summed E-state index contributed by atoms with van der Waals surface area (Å²) in [6, 6.07) is 13.6. The van der Waals surface area contributed by atoms with E-state index in [1.54, 1.807) is 48.5 Å². The van der Waals surface area contributed by atoms with Crippen molar-refractivity contribution in [2.75, 3.05) is 14.2 Å². The zero-order valence-corrected chi connectivity index (χ0v) is 12.3. The first-order chi connectivity index (χ1) is 10.6. The molecule has 1 heterocycles. The van der Waals surface area contributed by atoms with Crippen LogP contribution < -0.4 is 9.47 Å². The molecule has 0 fully saturated rings. The van der Waals surface area contributed by atoms with Crippen molar-refractivity contribution in [2.24, 2.45) is 0 Å². The largest absolute Gasteiger partial charge is 0.496 e. The maximum absolute atomic E-state index is 12.6. The van der Waals surface area contributed by atoms with E-state index in [-0.39, 0.29) is 5.78 Å². The van der Waals surface area contributed by atoms with Gasteiger partial charge in [0.25, 0.3) is 5.79 Å². The zero-order chi connectivity index (χ0) is 15.7. The van der Waals surface area contributed by atoms with Crippen molar-refractivity contribution in [3.05, 3.63) is 59.7 Å². The molecule has 1 N–H and O–H groups in total. The molecule has 5 heteroatoms. The highest BCUT2D eigenvalue weighted by molar-refractivity contribution is 6.03. The number of benzene rings is 2. The van der Waals surface area contributed by atoms with Crippen LogP contribution in [-0.2, 0) is 10.5 Å². The Morgan fingerprint density at radius 1 is 1.09 bits per heavy atom. The molecular formula is C17H16O5. The van der Waals surface area contributed by atoms with Gasteiger partial charge in [0.15, 0.2) is 6.10 Å². The number of ether oxygens (including phenoxy) is 3. The summed E-state index contributed by atoms with van der Waals surface area (Å²) in [5.74, 6) is -1.56. The van der Waals surface area contributed by atoms with Crippen molar-refractivity contribution in [3.8, 4) is 11.5 Å². The zero-order valence-electron chi connectivity index (χ0n) is 12.3. The molecule has 2 atom stereocenters. The Hall–Kier alpha value is -2.37. The number of aliphatic hydroxyl groups is 1. The van der Waals surface area contributed by atoms with Crippen LogP contribution >= 0.6 is 0 Å². The van der Waals surface area contributed by atoms with Gasteiger partial charge in [0, 0.05) is 7.11 Å². The molecule has 0 aromatic heterocycles. The van der Waals surface area contributed by atoms with E-state index in [0.717, 1.165) is 0 Å². The van der Waals surface area contributed by atoms with Gasteiger partial charge in [-0.25, -0.2) is 0 Å². The molecule has 0 saturated heterocycles. The van der Waals surface area contributed by atoms with Crippen LogP contribution in [0.3, 0.4) is 0 Å². The first-order valence-electron chi connectivity index (χ1n) is 6.82. The fourth-order valence-corrected chi connectivity index (χ4v) is 2.70. The number of Topliss-reactive ketones (excluding diaryl/α,β-unsaturated/α-hetero) is 1. The van der Waals surface area contributed by atoms with Gasteiger partial charge in [-0.3, -0.25) is 4.79 Å². The number of carbonyl (C=O) groups excluding carboxylic acids is 1. The fourth-order valence-electron chi connectivity index (χ4n) is 2.70. The molecule has 2 aromatic rings. The summed E-state index contributed by atoms with van der Waals surface area (Å²) in [6.45, 7) is 0. The molecule has 3 rings (SSSR count). The van der Waals surface area contributed by atoms with Gasteiger partial charge in [-0.05, 0) is 24.3 Å². The van der Waals surface area contributed by atoms with Crippen LogP contribution in [0.1, 0.15) is 15.9 Å². The maximum Gasteiger partial charge on any atom is 0.272 e. The normalized spacial score (nSPS) is 23.6. The SMILES string of the molecule is COc1ccccc1C1(O)Oc2ccccc2C(=O)C1OC. The van der Waals surface area contributed by atoms with Crippen LogP contribution in [0.2, 0.25) is 0 Å². The predicted octanol–water partition coefficient (Wildman–Crippen LogP) is 2.13. The van der Waals surface area contributed by atoms with Crippen molar-refractivity contribution in [3.63, 3.8) is 0 Å². The Morgan fingerprint density at radius 2 is 1.77 bits per heavy atom. The lowest BCUT2D eigenvalue weighted by molar-refractivity contribution is -0.211. The molecule has 2 aromatic carbocycles. The molecule has 114 valence electrons. The molecule has 0 amide bonds. The van der Waals surface area contributed by atoms with Crippen molar-refractivity contribution < 1.29 is 24.1 Å². The van der Waals surface area contributed by atoms with Gasteiger partial charge in [0.05, 0.1) is 18.2 Å². The Bertz CT molecular complexity index is 712. The number of para-hydroxylation sites is 2. The predicted molar refractivity (Wildman–Crippen MR) is 79.1 cm³/mol. The average molecular weight is 300 g/mol. The van der Waals surface area contributed by atoms with Gasteiger partial charge in [-0.1, -0.05) is 24.3 Å². The summed E-state index contributed by atoms with van der Waals surface area (Å²) in [4.78, 5) is 12.6. The smallest absolute Gasteiger partial charge is 0.272 e. The van der Waals surface area contributed by atoms with Gasteiger partial charge in [0.2, 0.25) is 5.78 Å². The lowest BCUT2D eigenvalue weighted by atomic mass is 9.89. The van der Waals surface area contributed by atoms with Crippen LogP contribution in [0.4, 0.5) is 0 Å². The Labute approximate surface area is 128 Å². The van der Waals surface area contributed by atoms with Crippen LogP contribution in [-0.4, -0.2) is 31.2 Å². The quantitative estimate of drug-likeness (QED) is 0.940. The van der Waals surface area contributed by atoms with E-state index in [1.165, 1.54) is 14.2 Å². The van der Waals surface area contributed by atoms with Crippen LogP contribution in [0.25, 0.3) is 0 Å². The number of hydrogen-bond donors (Lipinski definition) is 1. The molecule has 1 aliphatic heterocycles. The first-order valence-corrected chi connectivity index (χ1v) is 6.82. The second-order valence-corrected chi connectivity index (χ2v) is 4.97. The summed E-state index contributed by atoms with van der Waals surface area (Å²) in [7, 11) is 2.85. The Morgan fingerprint density at radius 3 is 2.50 bits per heavy atom. The summed E-state index contributed by atoms with van der Waals surface area (Å²) in [6.07, 6.45) is -1.18. The molecule has 0 aliphatic carbocycles. The van der Waals surface area contributed by atoms with Crippen molar-refractivity contribution in [1.29, 1.82) is 0 Å². The minimum Gasteiger partial charge on any atom is -0.496 e. The summed E-state index contributed by atoms with van der Waals surface area (Å²) >= 11 is 0. The molecule has 0 saturated carbocycles. The number of carbonyl (C=O) groups is 1. The molecule has 22 heavy (non-hydrogen) atoms. The van der Waals surface area contributed by atoms with Crippen LogP contribution in [0.5, 0.6) is 11.5 Å². The highest BCUT2D eigenvalue weighted by Crippen LogP contribution is 2.42. The van der Waals surface area contributed by atoms with Gasteiger partial charge < -0.3 is 19.3 Å². The third-order valence-corrected chi connectivity index (χ3v) is 3.74. The van der Waals surface area contributed by atoms with Crippen LogP contribution in [0.15, 0.2) is 48.5 Å². The molecule has 0 spiro atoms. The monoisotopic (exact) mass is 300 g/mol. The van der Waals surface area contributed by atoms with E-state index in [4.69, 9.17) is 14.2 Å². The van der Waals surface area contributed by atoms with Crippen molar-refractivity contribution >= 4 is 5.78 Å². The standard InChI is InChI=1S/C17H16O5/c1-20-14-10-6-4-8-12(14)17(19)16(21-2)15(18)11-7-3-5-9-13(11)22-17/h3-10,16,19H,1-2H3. The highest BCUT2D eigenvalue weighted by atomic mass is 16.7. The van der Waals surface area contributed by atoms with E-state index >= 15 is 0 Å². The number of methoxy groups -OCH3 is 2. The van der Waals surface area contributed by atoms with E-state index in [0.29, 0.717) is 22.6 Å². The number of fused-ring (bicyclic) bond motifs is 1. The van der Waals surface area contributed by atoms with E-state index in [9.17, 15) is 9.90 Å². The molecule has 0 radical (unpaired) electrons. The summed E-state index contributed by atoms with van der Waals surface area (Å²) in [5.41, 5.74) is 0.723. The molecule has 5 nitrogen and oxygen atoms in total. The molecular weight excluding hydrogens is 284 g/mol. The Balaban J connectivity index is 2.18. The third kappa shape index (κ3) is 2.06. The molecule has 0 bridgehead atoms. The highest BCUT2D eigenvalue weighted by Gasteiger charge is 2.52. The summed E-state index contributed by atoms with van der Waals surface area (Å²) in [5, 5.41) is 11.1. The molecule has 2 unspecified atom stereocenters. The minimum absolute atomic E-state index is 0.314. The van der Waals surface area contributed by atoms with Gasteiger partial charge in [-0.2, -0.15) is 0 Å². The van der Waals surface area contributed by atoms with Gasteiger partial charge in [0.1, 0.15) is 11.5 Å². The minimum atomic E-state index is -1.95. The number of ketones is 1. The maximum atomic E-state index is 12.6.